The van der Waals surface area contributed by atoms with Gasteiger partial charge in [-0.25, -0.2) is 0 Å². The maximum atomic E-state index is 12.9. The summed E-state index contributed by atoms with van der Waals surface area (Å²) in [5.41, 5.74) is 6.45. The molecule has 1 fully saturated rings. The monoisotopic (exact) mass is 428 g/mol. The number of nitrogens with zero attached hydrogens (tertiary/aromatic N) is 3. The summed E-state index contributed by atoms with van der Waals surface area (Å²) >= 11 is 0. The standard InChI is InChI=1S/C22H32N6O3/c23-13-7-5-3-1-2-4-6-8-14-24-16-9-10-18-17(15-16)22(31)28(27-26-18)19-11-12-20(29)25-21(19)30/h9-10,15,19,24H,1-8,11-14,23H2,(H,25,29,30). The highest BCUT2D eigenvalue weighted by Gasteiger charge is 2.30. The second-order valence-corrected chi connectivity index (χ2v) is 8.08. The van der Waals surface area contributed by atoms with Crippen molar-refractivity contribution in [2.24, 2.45) is 5.73 Å². The van der Waals surface area contributed by atoms with Crippen molar-refractivity contribution in [3.63, 3.8) is 0 Å². The van der Waals surface area contributed by atoms with Crippen LogP contribution in [-0.2, 0) is 9.59 Å². The largest absolute Gasteiger partial charge is 0.385 e. The Morgan fingerprint density at radius 3 is 2.45 bits per heavy atom. The van der Waals surface area contributed by atoms with Gasteiger partial charge in [-0.1, -0.05) is 43.7 Å². The molecule has 0 aliphatic carbocycles. The van der Waals surface area contributed by atoms with E-state index < -0.39 is 11.9 Å². The number of rotatable bonds is 12. The number of aromatic nitrogens is 3. The summed E-state index contributed by atoms with van der Waals surface area (Å²) in [5, 5.41) is 14.0. The first-order valence-corrected chi connectivity index (χ1v) is 11.3. The van der Waals surface area contributed by atoms with Gasteiger partial charge in [0, 0.05) is 18.7 Å². The van der Waals surface area contributed by atoms with Crippen molar-refractivity contribution in [2.45, 2.75) is 70.3 Å². The highest BCUT2D eigenvalue weighted by Crippen LogP contribution is 2.18. The molecule has 4 N–H and O–H groups in total. The van der Waals surface area contributed by atoms with Crippen LogP contribution in [0.2, 0.25) is 0 Å². The van der Waals surface area contributed by atoms with E-state index in [0.717, 1.165) is 36.3 Å². The van der Waals surface area contributed by atoms with Crippen LogP contribution in [0.25, 0.3) is 10.9 Å². The lowest BCUT2D eigenvalue weighted by Gasteiger charge is -2.21. The van der Waals surface area contributed by atoms with Crippen molar-refractivity contribution in [3.8, 4) is 0 Å². The van der Waals surface area contributed by atoms with E-state index in [-0.39, 0.29) is 24.3 Å². The molecule has 1 aromatic carbocycles. The van der Waals surface area contributed by atoms with E-state index >= 15 is 0 Å². The Balaban J connectivity index is 1.52. The van der Waals surface area contributed by atoms with Crippen LogP contribution in [-0.4, -0.2) is 39.9 Å². The van der Waals surface area contributed by atoms with Gasteiger partial charge in [-0.2, -0.15) is 4.68 Å². The third-order valence-electron chi connectivity index (χ3n) is 5.65. The number of imide groups is 1. The molecule has 1 atom stereocenters. The summed E-state index contributed by atoms with van der Waals surface area (Å²) in [6, 6.07) is 4.58. The molecule has 2 amide bonds. The zero-order chi connectivity index (χ0) is 22.1. The zero-order valence-corrected chi connectivity index (χ0v) is 17.9. The third-order valence-corrected chi connectivity index (χ3v) is 5.65. The summed E-state index contributed by atoms with van der Waals surface area (Å²) in [4.78, 5) is 36.4. The first kappa shape index (κ1) is 22.9. The van der Waals surface area contributed by atoms with Gasteiger partial charge in [0.25, 0.3) is 11.5 Å². The van der Waals surface area contributed by atoms with Crippen molar-refractivity contribution in [1.29, 1.82) is 0 Å². The Morgan fingerprint density at radius 2 is 1.74 bits per heavy atom. The molecule has 0 bridgehead atoms. The van der Waals surface area contributed by atoms with Crippen molar-refractivity contribution in [2.75, 3.05) is 18.4 Å². The minimum atomic E-state index is -0.811. The average Bonchev–Trinajstić information content (AvgIpc) is 2.76. The van der Waals surface area contributed by atoms with E-state index in [9.17, 15) is 14.4 Å². The first-order chi connectivity index (χ1) is 15.1. The van der Waals surface area contributed by atoms with Gasteiger partial charge in [0.1, 0.15) is 11.6 Å². The molecule has 9 heteroatoms. The molecule has 1 unspecified atom stereocenters. The van der Waals surface area contributed by atoms with Gasteiger partial charge in [-0.3, -0.25) is 19.7 Å². The van der Waals surface area contributed by atoms with E-state index in [1.165, 1.54) is 38.5 Å². The molecule has 9 nitrogen and oxygen atoms in total. The van der Waals surface area contributed by atoms with E-state index in [0.29, 0.717) is 10.9 Å². The lowest BCUT2D eigenvalue weighted by atomic mass is 10.1. The normalized spacial score (nSPS) is 16.5. The van der Waals surface area contributed by atoms with Crippen LogP contribution in [0.4, 0.5) is 5.69 Å². The van der Waals surface area contributed by atoms with Gasteiger partial charge >= 0.3 is 0 Å². The number of fused-ring (bicyclic) bond motifs is 1. The fourth-order valence-corrected chi connectivity index (χ4v) is 3.85. The average molecular weight is 429 g/mol. The number of unbranched alkanes of at least 4 members (excludes halogenated alkanes) is 7. The number of nitrogens with two attached hydrogens (primary N) is 1. The number of anilines is 1. The molecule has 168 valence electrons. The van der Waals surface area contributed by atoms with Gasteiger partial charge in [0.05, 0.1) is 5.39 Å². The molecule has 0 spiro atoms. The van der Waals surface area contributed by atoms with Gasteiger partial charge in [0.15, 0.2) is 0 Å². The predicted molar refractivity (Wildman–Crippen MR) is 120 cm³/mol. The van der Waals surface area contributed by atoms with Crippen molar-refractivity contribution < 1.29 is 9.59 Å². The van der Waals surface area contributed by atoms with Crippen LogP contribution in [0.5, 0.6) is 0 Å². The second kappa shape index (κ2) is 11.5. The van der Waals surface area contributed by atoms with Crippen LogP contribution in [0.15, 0.2) is 23.0 Å². The minimum absolute atomic E-state index is 0.178. The summed E-state index contributed by atoms with van der Waals surface area (Å²) < 4.78 is 1.08. The van der Waals surface area contributed by atoms with E-state index in [1.54, 1.807) is 12.1 Å². The Bertz CT molecular complexity index is 958. The summed E-state index contributed by atoms with van der Waals surface area (Å²) in [7, 11) is 0. The maximum Gasteiger partial charge on any atom is 0.278 e. The van der Waals surface area contributed by atoms with Gasteiger partial charge in [-0.15, -0.1) is 5.10 Å². The summed E-state index contributed by atoms with van der Waals surface area (Å²) in [6.07, 6.45) is 10.1. The van der Waals surface area contributed by atoms with Crippen LogP contribution >= 0.6 is 0 Å². The smallest absolute Gasteiger partial charge is 0.278 e. The third kappa shape index (κ3) is 6.33. The number of piperidine rings is 1. The lowest BCUT2D eigenvalue weighted by Crippen LogP contribution is -2.45. The van der Waals surface area contributed by atoms with Gasteiger partial charge < -0.3 is 11.1 Å². The molecule has 31 heavy (non-hydrogen) atoms. The Labute approximate surface area is 181 Å². The molecule has 2 aromatic rings. The number of carbonyl (C=O) groups excluding carboxylic acids is 2. The number of amides is 2. The molecule has 1 aromatic heterocycles. The van der Waals surface area contributed by atoms with Crippen molar-refractivity contribution in [3.05, 3.63) is 28.6 Å². The number of carbonyl (C=O) groups is 2. The Morgan fingerprint density at radius 1 is 1.03 bits per heavy atom. The fraction of sp³-hybridized carbons (Fsp3) is 0.591. The Hall–Kier alpha value is -2.81. The topological polar surface area (TPSA) is 132 Å². The SMILES string of the molecule is NCCCCCCCCCCNc1ccc2nnn(C3CCC(=O)NC3=O)c(=O)c2c1. The molecular formula is C22H32N6O3. The maximum absolute atomic E-state index is 12.9. The molecule has 0 saturated carbocycles. The number of hydrogen-bond acceptors (Lipinski definition) is 7. The van der Waals surface area contributed by atoms with Crippen LogP contribution in [0.3, 0.4) is 0 Å². The number of hydrogen-bond donors (Lipinski definition) is 3. The Kier molecular flexibility index (Phi) is 8.52. The van der Waals surface area contributed by atoms with E-state index in [1.807, 2.05) is 6.07 Å². The molecule has 3 rings (SSSR count). The summed E-state index contributed by atoms with van der Waals surface area (Å²) in [6.45, 7) is 1.62. The molecule has 1 saturated heterocycles. The summed E-state index contributed by atoms with van der Waals surface area (Å²) in [5.74, 6) is -0.846. The van der Waals surface area contributed by atoms with Crippen molar-refractivity contribution >= 4 is 28.4 Å². The quantitative estimate of drug-likeness (QED) is 0.349. The van der Waals surface area contributed by atoms with Gasteiger partial charge in [-0.05, 0) is 44.0 Å². The highest BCUT2D eigenvalue weighted by atomic mass is 16.2. The highest BCUT2D eigenvalue weighted by molar-refractivity contribution is 5.99. The van der Waals surface area contributed by atoms with E-state index in [2.05, 4.69) is 20.9 Å². The number of benzene rings is 1. The fourth-order valence-electron chi connectivity index (χ4n) is 3.85. The molecular weight excluding hydrogens is 396 g/mol. The van der Waals surface area contributed by atoms with E-state index in [4.69, 9.17) is 5.73 Å². The first-order valence-electron chi connectivity index (χ1n) is 11.3. The zero-order valence-electron chi connectivity index (χ0n) is 17.9. The number of nitrogens with one attached hydrogen (secondary N) is 2. The minimum Gasteiger partial charge on any atom is -0.385 e. The van der Waals surface area contributed by atoms with Crippen molar-refractivity contribution in [1.82, 2.24) is 20.3 Å². The van der Waals surface area contributed by atoms with Crippen LogP contribution in [0.1, 0.15) is 70.3 Å². The molecule has 1 aliphatic heterocycles. The predicted octanol–water partition coefficient (Wildman–Crippen LogP) is 2.26. The molecule has 2 heterocycles. The van der Waals surface area contributed by atoms with Crippen LogP contribution in [0, 0.1) is 0 Å². The lowest BCUT2D eigenvalue weighted by molar-refractivity contribution is -0.136. The molecule has 0 radical (unpaired) electrons. The second-order valence-electron chi connectivity index (χ2n) is 8.08. The molecule has 1 aliphatic rings. The van der Waals surface area contributed by atoms with Gasteiger partial charge in [0.2, 0.25) is 5.91 Å². The van der Waals surface area contributed by atoms with Crippen LogP contribution < -0.4 is 21.9 Å².